The fourth-order valence-corrected chi connectivity index (χ4v) is 3.16. The second-order valence-electron chi connectivity index (χ2n) is 4.44. The number of hydrogen-bond donors (Lipinski definition) is 2. The number of rotatable bonds is 4. The minimum Gasteiger partial charge on any atom is -0.478 e. The number of halogens is 1. The predicted molar refractivity (Wildman–Crippen MR) is 74.0 cm³/mol. The molecule has 0 aliphatic carbocycles. The van der Waals surface area contributed by atoms with E-state index in [0.29, 0.717) is 6.07 Å². The molecule has 0 aromatic heterocycles. The number of thioether (sulfide) groups is 1. The van der Waals surface area contributed by atoms with Crippen LogP contribution >= 0.6 is 11.8 Å². The molecular formula is C12H13FN2O4S. The number of aromatic carboxylic acids is 1. The summed E-state index contributed by atoms with van der Waals surface area (Å²) < 4.78 is 13.5. The van der Waals surface area contributed by atoms with Crippen LogP contribution in [0.25, 0.3) is 0 Å². The van der Waals surface area contributed by atoms with E-state index in [1.54, 1.807) is 11.8 Å². The Morgan fingerprint density at radius 3 is 2.65 bits per heavy atom. The van der Waals surface area contributed by atoms with Gasteiger partial charge in [0.2, 0.25) is 0 Å². The van der Waals surface area contributed by atoms with Crippen molar-refractivity contribution in [3.63, 3.8) is 0 Å². The Bertz CT molecular complexity index is 547. The number of nitro benzene ring substituents is 1. The Balaban J connectivity index is 2.34. The molecule has 0 radical (unpaired) electrons. The van der Waals surface area contributed by atoms with Crippen LogP contribution in [0.5, 0.6) is 0 Å². The third-order valence-electron chi connectivity index (χ3n) is 3.09. The molecular weight excluding hydrogens is 287 g/mol. The molecule has 0 amide bonds. The molecule has 0 unspecified atom stereocenters. The van der Waals surface area contributed by atoms with Gasteiger partial charge in [-0.15, -0.1) is 0 Å². The summed E-state index contributed by atoms with van der Waals surface area (Å²) in [7, 11) is 0. The molecule has 0 saturated carbocycles. The second kappa shape index (κ2) is 6.08. The first kappa shape index (κ1) is 14.6. The van der Waals surface area contributed by atoms with Crippen molar-refractivity contribution in [2.45, 2.75) is 18.9 Å². The molecule has 108 valence electrons. The fourth-order valence-electron chi connectivity index (χ4n) is 2.06. The van der Waals surface area contributed by atoms with E-state index < -0.39 is 28.0 Å². The Hall–Kier alpha value is -1.83. The van der Waals surface area contributed by atoms with Crippen LogP contribution in [0.3, 0.4) is 0 Å². The molecule has 1 aliphatic heterocycles. The lowest BCUT2D eigenvalue weighted by Crippen LogP contribution is -2.25. The van der Waals surface area contributed by atoms with Gasteiger partial charge in [-0.2, -0.15) is 11.8 Å². The maximum Gasteiger partial charge on any atom is 0.338 e. The summed E-state index contributed by atoms with van der Waals surface area (Å²) in [5, 5.41) is 22.8. The van der Waals surface area contributed by atoms with Crippen LogP contribution in [0.1, 0.15) is 23.2 Å². The molecule has 2 N–H and O–H groups in total. The Morgan fingerprint density at radius 1 is 1.45 bits per heavy atom. The topological polar surface area (TPSA) is 92.5 Å². The Labute approximate surface area is 118 Å². The number of nitrogens with zero attached hydrogens (tertiary/aromatic N) is 1. The van der Waals surface area contributed by atoms with Gasteiger partial charge in [0.25, 0.3) is 5.69 Å². The lowest BCUT2D eigenvalue weighted by molar-refractivity contribution is -0.384. The first-order valence-electron chi connectivity index (χ1n) is 6.04. The fraction of sp³-hybridized carbons (Fsp3) is 0.417. The molecule has 1 heterocycles. The standard InChI is InChI=1S/C12H13FN2O4S/c13-9-6-11(15(18)19)10(5-8(9)12(16)17)14-7-1-3-20-4-2-7/h5-7,14H,1-4H2,(H,16,17). The molecule has 0 atom stereocenters. The second-order valence-corrected chi connectivity index (χ2v) is 5.67. The van der Waals surface area contributed by atoms with Crippen molar-refractivity contribution < 1.29 is 19.2 Å². The molecule has 0 bridgehead atoms. The van der Waals surface area contributed by atoms with Crippen LogP contribution < -0.4 is 5.32 Å². The highest BCUT2D eigenvalue weighted by Gasteiger charge is 2.24. The van der Waals surface area contributed by atoms with Crippen LogP contribution in [-0.4, -0.2) is 33.5 Å². The average molecular weight is 300 g/mol. The number of carbonyl (C=O) groups is 1. The normalized spacial score (nSPS) is 15.8. The quantitative estimate of drug-likeness (QED) is 0.656. The summed E-state index contributed by atoms with van der Waals surface area (Å²) in [6, 6.07) is 1.70. The maximum absolute atomic E-state index is 13.5. The first-order valence-corrected chi connectivity index (χ1v) is 7.20. The van der Waals surface area contributed by atoms with Gasteiger partial charge in [-0.3, -0.25) is 10.1 Å². The maximum atomic E-state index is 13.5. The number of carboxylic acid groups (broad SMARTS) is 1. The minimum absolute atomic E-state index is 0.0436. The van der Waals surface area contributed by atoms with Gasteiger partial charge in [0.15, 0.2) is 0 Å². The zero-order valence-corrected chi connectivity index (χ0v) is 11.3. The van der Waals surface area contributed by atoms with E-state index in [1.807, 2.05) is 0 Å². The Morgan fingerprint density at radius 2 is 2.10 bits per heavy atom. The molecule has 1 saturated heterocycles. The summed E-state index contributed by atoms with van der Waals surface area (Å²) in [5.41, 5.74) is -0.945. The monoisotopic (exact) mass is 300 g/mol. The predicted octanol–water partition coefficient (Wildman–Crippen LogP) is 2.74. The number of benzene rings is 1. The van der Waals surface area contributed by atoms with E-state index in [9.17, 15) is 19.3 Å². The zero-order chi connectivity index (χ0) is 14.7. The van der Waals surface area contributed by atoms with Crippen molar-refractivity contribution in [2.24, 2.45) is 0 Å². The number of hydrogen-bond acceptors (Lipinski definition) is 5. The van der Waals surface area contributed by atoms with E-state index in [1.165, 1.54) is 0 Å². The van der Waals surface area contributed by atoms with Gasteiger partial charge in [0.05, 0.1) is 16.6 Å². The van der Waals surface area contributed by atoms with E-state index >= 15 is 0 Å². The highest BCUT2D eigenvalue weighted by molar-refractivity contribution is 7.99. The van der Waals surface area contributed by atoms with Gasteiger partial charge >= 0.3 is 5.97 Å². The van der Waals surface area contributed by atoms with Gasteiger partial charge in [0.1, 0.15) is 11.5 Å². The summed E-state index contributed by atoms with van der Waals surface area (Å²) in [4.78, 5) is 21.1. The molecule has 1 aliphatic rings. The highest BCUT2D eigenvalue weighted by Crippen LogP contribution is 2.30. The smallest absolute Gasteiger partial charge is 0.338 e. The molecule has 1 aromatic carbocycles. The summed E-state index contributed by atoms with van der Waals surface area (Å²) in [6.45, 7) is 0. The minimum atomic E-state index is -1.44. The third-order valence-corrected chi connectivity index (χ3v) is 4.14. The van der Waals surface area contributed by atoms with Gasteiger partial charge in [-0.05, 0) is 30.4 Å². The van der Waals surface area contributed by atoms with Crippen molar-refractivity contribution in [3.05, 3.63) is 33.6 Å². The average Bonchev–Trinajstić information content (AvgIpc) is 2.41. The molecule has 8 heteroatoms. The van der Waals surface area contributed by atoms with Crippen molar-refractivity contribution in [1.29, 1.82) is 0 Å². The van der Waals surface area contributed by atoms with Crippen LogP contribution in [-0.2, 0) is 0 Å². The molecule has 1 aromatic rings. The Kier molecular flexibility index (Phi) is 4.43. The van der Waals surface area contributed by atoms with Gasteiger partial charge in [-0.25, -0.2) is 9.18 Å². The number of nitrogens with one attached hydrogen (secondary N) is 1. The van der Waals surface area contributed by atoms with E-state index in [4.69, 9.17) is 5.11 Å². The van der Waals surface area contributed by atoms with Gasteiger partial charge < -0.3 is 10.4 Å². The number of carboxylic acids is 1. The molecule has 0 spiro atoms. The third kappa shape index (κ3) is 3.19. The van der Waals surface area contributed by atoms with Gasteiger partial charge in [-0.1, -0.05) is 0 Å². The lowest BCUT2D eigenvalue weighted by Gasteiger charge is -2.23. The van der Waals surface area contributed by atoms with Crippen molar-refractivity contribution >= 4 is 29.1 Å². The largest absolute Gasteiger partial charge is 0.478 e. The van der Waals surface area contributed by atoms with Crippen molar-refractivity contribution in [1.82, 2.24) is 0 Å². The van der Waals surface area contributed by atoms with Crippen LogP contribution in [0, 0.1) is 15.9 Å². The van der Waals surface area contributed by atoms with E-state index in [0.717, 1.165) is 30.4 Å². The summed E-state index contributed by atoms with van der Waals surface area (Å²) >= 11 is 1.80. The van der Waals surface area contributed by atoms with Crippen LogP contribution in [0.2, 0.25) is 0 Å². The van der Waals surface area contributed by atoms with Crippen molar-refractivity contribution in [2.75, 3.05) is 16.8 Å². The molecule has 1 fully saturated rings. The summed E-state index contributed by atoms with van der Waals surface area (Å²) in [5.74, 6) is -0.662. The van der Waals surface area contributed by atoms with Crippen LogP contribution in [0.15, 0.2) is 12.1 Å². The first-order chi connectivity index (χ1) is 9.49. The lowest BCUT2D eigenvalue weighted by atomic mass is 10.1. The van der Waals surface area contributed by atoms with Gasteiger partial charge in [0, 0.05) is 6.04 Å². The molecule has 6 nitrogen and oxygen atoms in total. The molecule has 2 rings (SSSR count). The zero-order valence-electron chi connectivity index (χ0n) is 10.5. The summed E-state index contributed by atoms with van der Waals surface area (Å²) in [6.07, 6.45) is 1.67. The van der Waals surface area contributed by atoms with E-state index in [2.05, 4.69) is 5.32 Å². The van der Waals surface area contributed by atoms with Crippen LogP contribution in [0.4, 0.5) is 15.8 Å². The van der Waals surface area contributed by atoms with Crippen molar-refractivity contribution in [3.8, 4) is 0 Å². The number of anilines is 1. The van der Waals surface area contributed by atoms with E-state index in [-0.39, 0.29) is 11.7 Å². The SMILES string of the molecule is O=C(O)c1cc(NC2CCSCC2)c([N+](=O)[O-])cc1F. The highest BCUT2D eigenvalue weighted by atomic mass is 32.2. The number of nitro groups is 1. The molecule has 20 heavy (non-hydrogen) atoms.